The van der Waals surface area contributed by atoms with E-state index in [1.54, 1.807) is 0 Å². The Hall–Kier alpha value is -1.74. The van der Waals surface area contributed by atoms with Crippen LogP contribution in [0.15, 0.2) is 48.5 Å². The van der Waals surface area contributed by atoms with Crippen molar-refractivity contribution in [2.45, 2.75) is 0 Å². The second kappa shape index (κ2) is 14.9. The average molecular weight is 625 g/mol. The number of benzene rings is 2. The van der Waals surface area contributed by atoms with E-state index in [-0.39, 0.29) is 38.1 Å². The number of hydrogen-bond donors (Lipinski definition) is 2. The fourth-order valence-corrected chi connectivity index (χ4v) is 11.2. The Balaban J connectivity index is 1.29. The Bertz CT molecular complexity index is 918. The van der Waals surface area contributed by atoms with Crippen LogP contribution in [-0.4, -0.2) is 127 Å². The van der Waals surface area contributed by atoms with Crippen molar-refractivity contribution in [3.63, 3.8) is 0 Å². The first-order chi connectivity index (χ1) is 17.7. The number of hydrogen-bond acceptors (Lipinski definition) is 6. The molecule has 36 heavy (non-hydrogen) atoms. The minimum atomic E-state index is -0.0225. The zero-order valence-corrected chi connectivity index (χ0v) is 23.9. The van der Waals surface area contributed by atoms with Gasteiger partial charge in [0.1, 0.15) is 0 Å². The molecule has 2 aliphatic rings. The Labute approximate surface area is 224 Å². The number of rotatable bonds is 11. The predicted octanol–water partition coefficient (Wildman–Crippen LogP) is -0.915. The van der Waals surface area contributed by atoms with Crippen LogP contribution < -0.4 is 19.6 Å². The van der Waals surface area contributed by atoms with Gasteiger partial charge in [0.2, 0.25) is 0 Å². The molecule has 8 nitrogen and oxygen atoms in total. The van der Waals surface area contributed by atoms with Gasteiger partial charge < -0.3 is 0 Å². The molecule has 2 aromatic carbocycles. The van der Waals surface area contributed by atoms with Gasteiger partial charge in [-0.05, 0) is 0 Å². The molecule has 194 valence electrons. The van der Waals surface area contributed by atoms with Crippen molar-refractivity contribution in [1.29, 1.82) is 0 Å². The summed E-state index contributed by atoms with van der Waals surface area (Å²) in [5.41, 5.74) is 1.49. The number of carbonyl (C=O) groups excluding carboxylic acids is 2. The fourth-order valence-electron chi connectivity index (χ4n) is 4.04. The van der Waals surface area contributed by atoms with Crippen LogP contribution in [0, 0.1) is 0 Å². The van der Waals surface area contributed by atoms with Crippen molar-refractivity contribution < 1.29 is 19.1 Å². The summed E-state index contributed by atoms with van der Waals surface area (Å²) in [6, 6.07) is 15.7. The van der Waals surface area contributed by atoms with Crippen molar-refractivity contribution in [3.05, 3.63) is 59.7 Å². The molecule has 0 atom stereocenters. The van der Waals surface area contributed by atoms with Gasteiger partial charge in [-0.1, -0.05) is 0 Å². The van der Waals surface area contributed by atoms with Gasteiger partial charge in [-0.15, -0.1) is 0 Å². The van der Waals surface area contributed by atoms with E-state index in [9.17, 15) is 9.59 Å². The molecule has 2 saturated heterocycles. The number of ether oxygens (including phenoxy) is 2. The van der Waals surface area contributed by atoms with Crippen LogP contribution in [0.25, 0.3) is 0 Å². The molecular formula is C26H34N4O4Se2. The van der Waals surface area contributed by atoms with Gasteiger partial charge in [-0.25, -0.2) is 0 Å². The molecule has 10 heteroatoms. The maximum atomic E-state index is 12.9. The molecule has 0 radical (unpaired) electrons. The summed E-state index contributed by atoms with van der Waals surface area (Å²) in [4.78, 5) is 30.5. The summed E-state index contributed by atoms with van der Waals surface area (Å²) in [5, 5.41) is 6.17. The van der Waals surface area contributed by atoms with E-state index in [1.807, 2.05) is 48.5 Å². The molecule has 0 unspecified atom stereocenters. The van der Waals surface area contributed by atoms with E-state index in [2.05, 4.69) is 20.4 Å². The molecule has 2 aliphatic heterocycles. The van der Waals surface area contributed by atoms with Crippen molar-refractivity contribution >= 4 is 47.0 Å². The third kappa shape index (κ3) is 8.40. The normalized spacial score (nSPS) is 17.0. The zero-order valence-electron chi connectivity index (χ0n) is 20.4. The van der Waals surface area contributed by atoms with E-state index in [0.717, 1.165) is 85.7 Å². The number of nitrogens with one attached hydrogen (secondary N) is 2. The van der Waals surface area contributed by atoms with Crippen molar-refractivity contribution in [2.24, 2.45) is 0 Å². The topological polar surface area (TPSA) is 83.1 Å². The quantitative estimate of drug-likeness (QED) is 0.315. The Morgan fingerprint density at radius 1 is 0.667 bits per heavy atom. The second-order valence-electron chi connectivity index (χ2n) is 8.58. The molecule has 2 aromatic rings. The fraction of sp³-hybridized carbons (Fsp3) is 0.462. The van der Waals surface area contributed by atoms with Gasteiger partial charge in [0.15, 0.2) is 0 Å². The molecule has 2 fully saturated rings. The van der Waals surface area contributed by atoms with Gasteiger partial charge in [-0.2, -0.15) is 0 Å². The average Bonchev–Trinajstić information content (AvgIpc) is 2.93. The van der Waals surface area contributed by atoms with Crippen LogP contribution in [0.2, 0.25) is 0 Å². The third-order valence-electron chi connectivity index (χ3n) is 6.12. The van der Waals surface area contributed by atoms with Crippen LogP contribution in [-0.2, 0) is 9.47 Å². The summed E-state index contributed by atoms with van der Waals surface area (Å²) in [6.45, 7) is 9.61. The number of nitrogens with zero attached hydrogens (tertiary/aromatic N) is 2. The number of carbonyl (C=O) groups is 2. The summed E-state index contributed by atoms with van der Waals surface area (Å²) < 4.78 is 12.9. The van der Waals surface area contributed by atoms with Crippen molar-refractivity contribution in [1.82, 2.24) is 20.4 Å². The van der Waals surface area contributed by atoms with Crippen LogP contribution in [0.3, 0.4) is 0 Å². The number of morpholine rings is 2. The van der Waals surface area contributed by atoms with Crippen LogP contribution in [0.4, 0.5) is 0 Å². The zero-order chi connectivity index (χ0) is 25.0. The van der Waals surface area contributed by atoms with E-state index >= 15 is 0 Å². The van der Waals surface area contributed by atoms with Gasteiger partial charge in [-0.3, -0.25) is 0 Å². The third-order valence-corrected chi connectivity index (χ3v) is 13.4. The van der Waals surface area contributed by atoms with Crippen molar-refractivity contribution in [3.8, 4) is 0 Å². The summed E-state index contributed by atoms with van der Waals surface area (Å²) in [6.07, 6.45) is 0. The molecule has 2 heterocycles. The van der Waals surface area contributed by atoms with Gasteiger partial charge in [0.25, 0.3) is 0 Å². The molecule has 0 saturated carbocycles. The van der Waals surface area contributed by atoms with E-state index in [0.29, 0.717) is 13.1 Å². The second-order valence-corrected chi connectivity index (χ2v) is 14.8. The molecular weight excluding hydrogens is 590 g/mol. The van der Waals surface area contributed by atoms with Crippen LogP contribution >= 0.6 is 0 Å². The minimum absolute atomic E-state index is 0.0225. The Morgan fingerprint density at radius 3 is 1.47 bits per heavy atom. The molecule has 4 rings (SSSR count). The molecule has 0 aromatic heterocycles. The first kappa shape index (κ1) is 27.3. The van der Waals surface area contributed by atoms with Gasteiger partial charge >= 0.3 is 225 Å². The van der Waals surface area contributed by atoms with Gasteiger partial charge in [0, 0.05) is 0 Å². The molecule has 0 aliphatic carbocycles. The first-order valence-electron chi connectivity index (χ1n) is 12.4. The van der Waals surface area contributed by atoms with Gasteiger partial charge in [0.05, 0.1) is 0 Å². The summed E-state index contributed by atoms with van der Waals surface area (Å²) >= 11 is 0.157. The maximum absolute atomic E-state index is 12.9. The molecule has 2 amide bonds. The van der Waals surface area contributed by atoms with E-state index in [1.165, 1.54) is 0 Å². The van der Waals surface area contributed by atoms with E-state index in [4.69, 9.17) is 9.47 Å². The van der Waals surface area contributed by atoms with Crippen molar-refractivity contribution in [2.75, 3.05) is 78.8 Å². The monoisotopic (exact) mass is 626 g/mol. The first-order valence-corrected chi connectivity index (χ1v) is 18.4. The summed E-state index contributed by atoms with van der Waals surface area (Å²) in [5.74, 6) is -0.0450. The molecule has 0 spiro atoms. The Morgan fingerprint density at radius 2 is 1.06 bits per heavy atom. The summed E-state index contributed by atoms with van der Waals surface area (Å²) in [7, 11) is 0. The number of amides is 2. The van der Waals surface area contributed by atoms with Crippen LogP contribution in [0.5, 0.6) is 0 Å². The van der Waals surface area contributed by atoms with Crippen LogP contribution in [0.1, 0.15) is 20.7 Å². The standard InChI is InChI=1S/C26H34N4O4Se2/c31-25(27-9-11-29-13-17-33-18-14-29)21-5-1-3-7-23(21)35-36-24-8-4-2-6-22(24)26(32)28-10-12-30-15-19-34-20-16-30/h1-8H,9-20H2,(H,27,31)(H,28,32). The molecule has 2 N–H and O–H groups in total. The SMILES string of the molecule is O=C(NCCN1CCOCC1)c1ccccc1[Se][Se]c1ccccc1C(=O)NCCN1CCOCC1. The Kier molecular flexibility index (Phi) is 11.3. The molecule has 0 bridgehead atoms. The predicted molar refractivity (Wildman–Crippen MR) is 143 cm³/mol. The van der Waals surface area contributed by atoms with E-state index < -0.39 is 0 Å².